The molecule has 0 N–H and O–H groups in total. The zero-order valence-corrected chi connectivity index (χ0v) is 19.0. The van der Waals surface area contributed by atoms with E-state index in [1.165, 1.54) is 57.8 Å². The van der Waals surface area contributed by atoms with Gasteiger partial charge in [0, 0.05) is 0 Å². The van der Waals surface area contributed by atoms with Crippen molar-refractivity contribution in [2.75, 3.05) is 0 Å². The number of rotatable bonds is 5. The monoisotopic (exact) mass is 385 g/mol. The van der Waals surface area contributed by atoms with Crippen LogP contribution in [0, 0.1) is 51.2 Å². The maximum atomic E-state index is 11.2. The lowest BCUT2D eigenvalue weighted by Crippen LogP contribution is -2.49. The number of fused-ring (bicyclic) bond motifs is 5. The zero-order chi connectivity index (χ0) is 20.1. The van der Waals surface area contributed by atoms with Crippen LogP contribution >= 0.6 is 0 Å². The van der Waals surface area contributed by atoms with Crippen LogP contribution in [0.1, 0.15) is 98.8 Å². The topological polar surface area (TPSA) is 29.4 Å². The van der Waals surface area contributed by atoms with Gasteiger partial charge >= 0.3 is 0 Å². The first-order valence-electron chi connectivity index (χ1n) is 12.3. The second kappa shape index (κ2) is 7.55. The highest BCUT2D eigenvalue weighted by Crippen LogP contribution is 2.67. The predicted molar refractivity (Wildman–Crippen MR) is 118 cm³/mol. The molecular formula is C26H43NO. The molecular weight excluding hydrogens is 342 g/mol. The van der Waals surface area contributed by atoms with E-state index in [1.54, 1.807) is 0 Å². The number of nitrogens with zero attached hydrogens (tertiary/aromatic N) is 1. The second-order valence-corrected chi connectivity index (χ2v) is 11.9. The van der Waals surface area contributed by atoms with Crippen molar-refractivity contribution in [2.24, 2.45) is 51.5 Å². The molecule has 0 aromatic rings. The van der Waals surface area contributed by atoms with Crippen molar-refractivity contribution >= 4 is 0 Å². The summed E-state index contributed by atoms with van der Waals surface area (Å²) in [6.07, 6.45) is 16.2. The Bertz CT molecular complexity index is 624. The second-order valence-electron chi connectivity index (χ2n) is 11.9. The third kappa shape index (κ3) is 3.21. The van der Waals surface area contributed by atoms with Gasteiger partial charge in [0.05, 0.1) is 6.04 Å². The van der Waals surface area contributed by atoms with Crippen LogP contribution in [0.2, 0.25) is 0 Å². The number of hydrogen-bond donors (Lipinski definition) is 0. The Morgan fingerprint density at radius 1 is 1.11 bits per heavy atom. The Morgan fingerprint density at radius 2 is 1.89 bits per heavy atom. The van der Waals surface area contributed by atoms with Gasteiger partial charge in [-0.3, -0.25) is 0 Å². The van der Waals surface area contributed by atoms with E-state index in [9.17, 15) is 4.91 Å². The Morgan fingerprint density at radius 3 is 2.61 bits per heavy atom. The van der Waals surface area contributed by atoms with E-state index >= 15 is 0 Å². The number of allylic oxidation sites excluding steroid dienone is 2. The van der Waals surface area contributed by atoms with Gasteiger partial charge in [-0.05, 0) is 111 Å². The first-order chi connectivity index (χ1) is 13.3. The molecule has 4 aliphatic rings. The normalized spacial score (nSPS) is 46.4. The van der Waals surface area contributed by atoms with Gasteiger partial charge < -0.3 is 0 Å². The van der Waals surface area contributed by atoms with Crippen molar-refractivity contribution in [2.45, 2.75) is 105 Å². The fourth-order valence-electron chi connectivity index (χ4n) is 8.31. The molecule has 0 heterocycles. The van der Waals surface area contributed by atoms with E-state index < -0.39 is 0 Å². The van der Waals surface area contributed by atoms with Crippen LogP contribution in [-0.4, -0.2) is 6.04 Å². The average Bonchev–Trinajstić information content (AvgIpc) is 2.99. The summed E-state index contributed by atoms with van der Waals surface area (Å²) < 4.78 is 0. The van der Waals surface area contributed by atoms with Gasteiger partial charge in [0.25, 0.3) is 0 Å². The van der Waals surface area contributed by atoms with Crippen LogP contribution in [-0.2, 0) is 0 Å². The quantitative estimate of drug-likeness (QED) is 0.351. The summed E-state index contributed by atoms with van der Waals surface area (Å²) in [6.45, 7) is 12.0. The Labute approximate surface area is 173 Å². The lowest BCUT2D eigenvalue weighted by molar-refractivity contribution is -0.0453. The lowest BCUT2D eigenvalue weighted by atomic mass is 9.47. The summed E-state index contributed by atoms with van der Waals surface area (Å²) >= 11 is 0. The molecule has 2 nitrogen and oxygen atoms in total. The van der Waals surface area contributed by atoms with E-state index in [1.807, 2.05) is 5.57 Å². The van der Waals surface area contributed by atoms with E-state index in [-0.39, 0.29) is 6.04 Å². The lowest BCUT2D eigenvalue weighted by Gasteiger charge is -2.58. The van der Waals surface area contributed by atoms with Gasteiger partial charge in [-0.2, -0.15) is 4.91 Å². The molecule has 28 heavy (non-hydrogen) atoms. The molecule has 0 aromatic heterocycles. The minimum atomic E-state index is 0.0160. The third-order valence-electron chi connectivity index (χ3n) is 10.3. The van der Waals surface area contributed by atoms with Crippen molar-refractivity contribution in [3.8, 4) is 0 Å². The molecule has 0 aliphatic heterocycles. The van der Waals surface area contributed by atoms with E-state index in [2.05, 4.69) is 45.9 Å². The fraction of sp³-hybridized carbons (Fsp3) is 0.923. The van der Waals surface area contributed by atoms with Crippen molar-refractivity contribution in [1.29, 1.82) is 0 Å². The Balaban J connectivity index is 1.50. The third-order valence-corrected chi connectivity index (χ3v) is 10.3. The number of hydrogen-bond acceptors (Lipinski definition) is 2. The van der Waals surface area contributed by atoms with Gasteiger partial charge in [-0.15, -0.1) is 0 Å². The minimum Gasteiger partial charge on any atom is -0.151 e. The van der Waals surface area contributed by atoms with Crippen LogP contribution in [0.4, 0.5) is 0 Å². The molecule has 0 radical (unpaired) electrons. The summed E-state index contributed by atoms with van der Waals surface area (Å²) in [4.78, 5) is 11.2. The largest absolute Gasteiger partial charge is 0.151 e. The Hall–Kier alpha value is -0.660. The SMILES string of the molecule is CC(C)C(CCC1CCC2C3CC=C4C[C@H](C)CCC4(C)C3CCC12C)N=O. The van der Waals surface area contributed by atoms with Crippen molar-refractivity contribution in [1.82, 2.24) is 0 Å². The first kappa shape index (κ1) is 20.6. The van der Waals surface area contributed by atoms with E-state index in [0.717, 1.165) is 36.0 Å². The van der Waals surface area contributed by atoms with Crippen LogP contribution in [0.15, 0.2) is 16.8 Å². The fourth-order valence-corrected chi connectivity index (χ4v) is 8.31. The van der Waals surface area contributed by atoms with Gasteiger partial charge in [0.15, 0.2) is 0 Å². The number of nitroso groups, excluding NO2 is 1. The molecule has 0 aromatic carbocycles. The molecule has 3 fully saturated rings. The van der Waals surface area contributed by atoms with Crippen LogP contribution < -0.4 is 0 Å². The van der Waals surface area contributed by atoms with Crippen molar-refractivity contribution < 1.29 is 0 Å². The summed E-state index contributed by atoms with van der Waals surface area (Å²) in [7, 11) is 0. The minimum absolute atomic E-state index is 0.0160. The maximum Gasteiger partial charge on any atom is 0.0942 e. The van der Waals surface area contributed by atoms with Crippen molar-refractivity contribution in [3.63, 3.8) is 0 Å². The molecule has 0 spiro atoms. The Kier molecular flexibility index (Phi) is 5.55. The summed E-state index contributed by atoms with van der Waals surface area (Å²) in [5, 5.41) is 3.44. The highest BCUT2D eigenvalue weighted by molar-refractivity contribution is 5.25. The molecule has 8 atom stereocenters. The summed E-state index contributed by atoms with van der Waals surface area (Å²) in [5.41, 5.74) is 2.83. The highest BCUT2D eigenvalue weighted by atomic mass is 16.3. The van der Waals surface area contributed by atoms with Crippen LogP contribution in [0.5, 0.6) is 0 Å². The molecule has 4 rings (SSSR count). The van der Waals surface area contributed by atoms with Gasteiger partial charge in [-0.1, -0.05) is 51.4 Å². The van der Waals surface area contributed by atoms with Gasteiger partial charge in [-0.25, -0.2) is 0 Å². The standard InChI is InChI=1S/C26H43NO/c1-17(2)24(27-28)11-8-19-7-10-22-21-9-6-20-16-18(3)12-14-26(20,5)23(21)13-15-25(19,22)4/h6,17-19,21-24H,7-16H2,1-5H3/t18-,19?,21?,22?,23?,24?,25?,26?/m1/s1. The molecule has 0 amide bonds. The van der Waals surface area contributed by atoms with Crippen LogP contribution in [0.25, 0.3) is 0 Å². The van der Waals surface area contributed by atoms with Gasteiger partial charge in [0.1, 0.15) is 0 Å². The molecule has 158 valence electrons. The molecule has 7 unspecified atom stereocenters. The van der Waals surface area contributed by atoms with Crippen molar-refractivity contribution in [3.05, 3.63) is 16.6 Å². The van der Waals surface area contributed by atoms with E-state index in [4.69, 9.17) is 0 Å². The summed E-state index contributed by atoms with van der Waals surface area (Å²) in [6, 6.07) is 0.0160. The molecule has 0 saturated heterocycles. The molecule has 4 aliphatic carbocycles. The van der Waals surface area contributed by atoms with Crippen LogP contribution in [0.3, 0.4) is 0 Å². The zero-order valence-electron chi connectivity index (χ0n) is 19.0. The maximum absolute atomic E-state index is 11.2. The van der Waals surface area contributed by atoms with E-state index in [0.29, 0.717) is 16.7 Å². The summed E-state index contributed by atoms with van der Waals surface area (Å²) in [5.74, 6) is 4.83. The smallest absolute Gasteiger partial charge is 0.0942 e. The van der Waals surface area contributed by atoms with Gasteiger partial charge in [0.2, 0.25) is 0 Å². The average molecular weight is 386 g/mol. The highest BCUT2D eigenvalue weighted by Gasteiger charge is 2.58. The first-order valence-corrected chi connectivity index (χ1v) is 12.3. The molecule has 0 bridgehead atoms. The predicted octanol–water partition coefficient (Wildman–Crippen LogP) is 7.77. The molecule has 2 heteroatoms. The molecule has 3 saturated carbocycles.